The van der Waals surface area contributed by atoms with E-state index in [4.69, 9.17) is 11.6 Å². The number of benzene rings is 1. The molecule has 2 nitrogen and oxygen atoms in total. The van der Waals surface area contributed by atoms with Gasteiger partial charge in [-0.1, -0.05) is 38.8 Å². The number of halogens is 1. The quantitative estimate of drug-likeness (QED) is 0.755. The van der Waals surface area contributed by atoms with Crippen LogP contribution in [0.15, 0.2) is 24.3 Å². The second kappa shape index (κ2) is 6.62. The Balaban J connectivity index is 2.09. The zero-order valence-corrected chi connectivity index (χ0v) is 13.4. The zero-order valence-electron chi connectivity index (χ0n) is 12.6. The van der Waals surface area contributed by atoms with Gasteiger partial charge in [0, 0.05) is 18.7 Å². The van der Waals surface area contributed by atoms with E-state index in [1.165, 1.54) is 12.0 Å². The van der Waals surface area contributed by atoms with E-state index >= 15 is 0 Å². The lowest BCUT2D eigenvalue weighted by Crippen LogP contribution is -2.44. The Labute approximate surface area is 127 Å². The lowest BCUT2D eigenvalue weighted by Gasteiger charge is -2.35. The van der Waals surface area contributed by atoms with Crippen molar-refractivity contribution in [1.29, 1.82) is 0 Å². The predicted molar refractivity (Wildman–Crippen MR) is 84.5 cm³/mol. The van der Waals surface area contributed by atoms with Crippen LogP contribution < -0.4 is 0 Å². The molecule has 0 N–H and O–H groups in total. The van der Waals surface area contributed by atoms with Gasteiger partial charge in [-0.05, 0) is 36.5 Å². The normalized spacial score (nSPS) is 22.9. The van der Waals surface area contributed by atoms with Crippen LogP contribution in [-0.4, -0.2) is 29.3 Å². The van der Waals surface area contributed by atoms with Crippen molar-refractivity contribution >= 4 is 17.5 Å². The van der Waals surface area contributed by atoms with Gasteiger partial charge >= 0.3 is 0 Å². The summed E-state index contributed by atoms with van der Waals surface area (Å²) in [5.41, 5.74) is 2.02. The number of carbonyl (C=O) groups excluding carboxylic acids is 1. The SMILES string of the molecule is CC(C)c1ccc(C(=O)N(C)C2CCCCC2Cl)cc1. The van der Waals surface area contributed by atoms with Crippen molar-refractivity contribution in [3.8, 4) is 0 Å². The van der Waals surface area contributed by atoms with Crippen molar-refractivity contribution in [3.05, 3.63) is 35.4 Å². The van der Waals surface area contributed by atoms with Crippen molar-refractivity contribution in [2.75, 3.05) is 7.05 Å². The Bertz CT molecular complexity index is 455. The minimum absolute atomic E-state index is 0.0813. The van der Waals surface area contributed by atoms with Crippen molar-refractivity contribution in [2.24, 2.45) is 0 Å². The van der Waals surface area contributed by atoms with E-state index in [2.05, 4.69) is 13.8 Å². The second-order valence-electron chi connectivity index (χ2n) is 6.06. The van der Waals surface area contributed by atoms with E-state index in [-0.39, 0.29) is 17.3 Å². The lowest BCUT2D eigenvalue weighted by molar-refractivity contribution is 0.0700. The highest BCUT2D eigenvalue weighted by Gasteiger charge is 2.29. The zero-order chi connectivity index (χ0) is 14.7. The van der Waals surface area contributed by atoms with E-state index < -0.39 is 0 Å². The molecule has 0 radical (unpaired) electrons. The summed E-state index contributed by atoms with van der Waals surface area (Å²) >= 11 is 6.38. The summed E-state index contributed by atoms with van der Waals surface area (Å²) in [7, 11) is 1.88. The maximum atomic E-state index is 12.5. The number of hydrogen-bond acceptors (Lipinski definition) is 1. The van der Waals surface area contributed by atoms with Crippen LogP contribution in [0.3, 0.4) is 0 Å². The highest BCUT2D eigenvalue weighted by molar-refractivity contribution is 6.21. The molecule has 1 aromatic rings. The standard InChI is InChI=1S/C17H24ClNO/c1-12(2)13-8-10-14(11-9-13)17(20)19(3)16-7-5-4-6-15(16)18/h8-12,15-16H,4-7H2,1-3H3. The average molecular weight is 294 g/mol. The summed E-state index contributed by atoms with van der Waals surface area (Å²) in [5, 5.41) is 0.0904. The Morgan fingerprint density at radius 2 is 1.80 bits per heavy atom. The molecule has 2 atom stereocenters. The van der Waals surface area contributed by atoms with Gasteiger partial charge in [0.15, 0.2) is 0 Å². The molecule has 2 unspecified atom stereocenters. The molecule has 1 fully saturated rings. The van der Waals surface area contributed by atoms with Crippen LogP contribution in [0, 0.1) is 0 Å². The number of amides is 1. The largest absolute Gasteiger partial charge is 0.337 e. The van der Waals surface area contributed by atoms with Gasteiger partial charge < -0.3 is 4.90 Å². The monoisotopic (exact) mass is 293 g/mol. The highest BCUT2D eigenvalue weighted by Crippen LogP contribution is 2.27. The van der Waals surface area contributed by atoms with Crippen LogP contribution in [-0.2, 0) is 0 Å². The third-order valence-corrected chi connectivity index (χ3v) is 4.80. The molecule has 0 aliphatic heterocycles. The molecule has 0 spiro atoms. The molecule has 1 aromatic carbocycles. The van der Waals surface area contributed by atoms with E-state index in [0.29, 0.717) is 5.92 Å². The Morgan fingerprint density at radius 1 is 1.20 bits per heavy atom. The van der Waals surface area contributed by atoms with Crippen LogP contribution in [0.2, 0.25) is 0 Å². The van der Waals surface area contributed by atoms with Gasteiger partial charge in [-0.2, -0.15) is 0 Å². The number of hydrogen-bond donors (Lipinski definition) is 0. The molecule has 0 aromatic heterocycles. The van der Waals surface area contributed by atoms with Gasteiger partial charge in [0.25, 0.3) is 5.91 Å². The van der Waals surface area contributed by atoms with Crippen molar-refractivity contribution in [2.45, 2.75) is 56.9 Å². The fraction of sp³-hybridized carbons (Fsp3) is 0.588. The molecule has 0 heterocycles. The fourth-order valence-electron chi connectivity index (χ4n) is 2.87. The molecule has 2 rings (SSSR count). The van der Waals surface area contributed by atoms with Gasteiger partial charge in [0.05, 0.1) is 5.38 Å². The van der Waals surface area contributed by atoms with Crippen molar-refractivity contribution < 1.29 is 4.79 Å². The van der Waals surface area contributed by atoms with Gasteiger partial charge in [-0.3, -0.25) is 4.79 Å². The Morgan fingerprint density at radius 3 is 2.35 bits per heavy atom. The minimum Gasteiger partial charge on any atom is -0.337 e. The average Bonchev–Trinajstić information content (AvgIpc) is 2.46. The molecule has 20 heavy (non-hydrogen) atoms. The third kappa shape index (κ3) is 3.35. The fourth-order valence-corrected chi connectivity index (χ4v) is 3.32. The Hall–Kier alpha value is -1.02. The molecule has 1 saturated carbocycles. The molecule has 1 aliphatic carbocycles. The van der Waals surface area contributed by atoms with Gasteiger partial charge in [-0.15, -0.1) is 11.6 Å². The van der Waals surface area contributed by atoms with Crippen LogP contribution in [0.1, 0.15) is 61.4 Å². The summed E-state index contributed by atoms with van der Waals surface area (Å²) in [6.45, 7) is 4.31. The van der Waals surface area contributed by atoms with E-state index in [1.54, 1.807) is 0 Å². The summed E-state index contributed by atoms with van der Waals surface area (Å²) in [4.78, 5) is 14.4. The molecule has 1 amide bonds. The number of alkyl halides is 1. The first-order valence-electron chi connectivity index (χ1n) is 7.52. The van der Waals surface area contributed by atoms with Gasteiger partial charge in [-0.25, -0.2) is 0 Å². The highest BCUT2D eigenvalue weighted by atomic mass is 35.5. The molecular formula is C17H24ClNO. The molecule has 0 saturated heterocycles. The molecule has 110 valence electrons. The van der Waals surface area contributed by atoms with Gasteiger partial charge in [0.2, 0.25) is 0 Å². The smallest absolute Gasteiger partial charge is 0.253 e. The molecule has 3 heteroatoms. The van der Waals surface area contributed by atoms with Gasteiger partial charge in [0.1, 0.15) is 0 Å². The summed E-state index contributed by atoms with van der Waals surface area (Å²) in [6, 6.07) is 8.12. The number of carbonyl (C=O) groups is 1. The van der Waals surface area contributed by atoms with Crippen LogP contribution in [0.25, 0.3) is 0 Å². The first-order valence-corrected chi connectivity index (χ1v) is 7.95. The predicted octanol–water partition coefficient (Wildman–Crippen LogP) is 4.43. The number of nitrogens with zero attached hydrogens (tertiary/aromatic N) is 1. The second-order valence-corrected chi connectivity index (χ2v) is 6.62. The number of rotatable bonds is 3. The first-order chi connectivity index (χ1) is 9.50. The Kier molecular flexibility index (Phi) is 5.09. The lowest BCUT2D eigenvalue weighted by atomic mass is 9.93. The van der Waals surface area contributed by atoms with Crippen LogP contribution in [0.5, 0.6) is 0 Å². The molecule has 0 bridgehead atoms. The van der Waals surface area contributed by atoms with Crippen LogP contribution >= 0.6 is 11.6 Å². The molecular weight excluding hydrogens is 270 g/mol. The van der Waals surface area contributed by atoms with Crippen molar-refractivity contribution in [1.82, 2.24) is 4.90 Å². The maximum Gasteiger partial charge on any atom is 0.253 e. The van der Waals surface area contributed by atoms with E-state index in [0.717, 1.165) is 24.8 Å². The first kappa shape index (κ1) is 15.4. The maximum absolute atomic E-state index is 12.5. The minimum atomic E-state index is 0.0813. The third-order valence-electron chi connectivity index (χ3n) is 4.29. The van der Waals surface area contributed by atoms with E-state index in [1.807, 2.05) is 36.2 Å². The van der Waals surface area contributed by atoms with Crippen LogP contribution in [0.4, 0.5) is 0 Å². The summed E-state index contributed by atoms with van der Waals surface area (Å²) in [6.07, 6.45) is 4.37. The van der Waals surface area contributed by atoms with Crippen molar-refractivity contribution in [3.63, 3.8) is 0 Å². The summed E-state index contributed by atoms with van der Waals surface area (Å²) in [5.74, 6) is 0.570. The summed E-state index contributed by atoms with van der Waals surface area (Å²) < 4.78 is 0. The topological polar surface area (TPSA) is 20.3 Å². The molecule has 1 aliphatic rings. The van der Waals surface area contributed by atoms with E-state index in [9.17, 15) is 4.79 Å².